The number of carbonyl (C=O) groups is 1. The van der Waals surface area contributed by atoms with Gasteiger partial charge in [0.05, 0.1) is 11.7 Å². The molecular formula is C13H14F3NO3. The van der Waals surface area contributed by atoms with Crippen molar-refractivity contribution in [2.24, 2.45) is 0 Å². The smallest absolute Gasteiger partial charge is 0.416 e. The second-order valence-electron chi connectivity index (χ2n) is 4.61. The molecule has 0 bridgehead atoms. The van der Waals surface area contributed by atoms with Gasteiger partial charge in [0.2, 0.25) is 0 Å². The molecule has 1 heterocycles. The van der Waals surface area contributed by atoms with E-state index >= 15 is 0 Å². The van der Waals surface area contributed by atoms with E-state index in [2.05, 4.69) is 0 Å². The van der Waals surface area contributed by atoms with E-state index < -0.39 is 17.7 Å². The number of halogens is 3. The molecule has 0 aliphatic carbocycles. The summed E-state index contributed by atoms with van der Waals surface area (Å²) in [5, 5.41) is 8.52. The van der Waals surface area contributed by atoms with E-state index in [1.165, 1.54) is 6.07 Å². The molecule has 1 aromatic carbocycles. The SMILES string of the molecule is O=C(O)COC1CCN(c2cccc(C(F)(F)F)c2)C1. The van der Waals surface area contributed by atoms with E-state index in [1.807, 2.05) is 0 Å². The highest BCUT2D eigenvalue weighted by Crippen LogP contribution is 2.32. The number of rotatable bonds is 4. The molecule has 7 heteroatoms. The van der Waals surface area contributed by atoms with Crippen molar-refractivity contribution in [1.29, 1.82) is 0 Å². The van der Waals surface area contributed by atoms with Crippen LogP contribution in [-0.4, -0.2) is 36.9 Å². The molecule has 20 heavy (non-hydrogen) atoms. The van der Waals surface area contributed by atoms with E-state index in [1.54, 1.807) is 11.0 Å². The first kappa shape index (κ1) is 14.6. The Kier molecular flexibility index (Phi) is 4.17. The van der Waals surface area contributed by atoms with Crippen molar-refractivity contribution in [3.8, 4) is 0 Å². The molecule has 0 saturated carbocycles. The monoisotopic (exact) mass is 289 g/mol. The lowest BCUT2D eigenvalue weighted by atomic mass is 10.2. The van der Waals surface area contributed by atoms with E-state index in [0.29, 0.717) is 25.2 Å². The second kappa shape index (κ2) is 5.70. The largest absolute Gasteiger partial charge is 0.480 e. The van der Waals surface area contributed by atoms with Crippen molar-refractivity contribution in [2.45, 2.75) is 18.7 Å². The number of anilines is 1. The zero-order chi connectivity index (χ0) is 14.8. The summed E-state index contributed by atoms with van der Waals surface area (Å²) in [6.07, 6.45) is -4.03. The Morgan fingerprint density at radius 3 is 2.85 bits per heavy atom. The van der Waals surface area contributed by atoms with Crippen molar-refractivity contribution in [3.05, 3.63) is 29.8 Å². The van der Waals surface area contributed by atoms with E-state index in [4.69, 9.17) is 9.84 Å². The molecule has 1 saturated heterocycles. The Hall–Kier alpha value is -1.76. The van der Waals surface area contributed by atoms with Crippen LogP contribution < -0.4 is 4.90 Å². The lowest BCUT2D eigenvalue weighted by Gasteiger charge is -2.20. The quantitative estimate of drug-likeness (QED) is 0.924. The molecule has 1 aromatic rings. The molecule has 110 valence electrons. The van der Waals surface area contributed by atoms with Gasteiger partial charge in [0, 0.05) is 18.8 Å². The van der Waals surface area contributed by atoms with Gasteiger partial charge in [0.15, 0.2) is 0 Å². The molecule has 4 nitrogen and oxygen atoms in total. The van der Waals surface area contributed by atoms with Gasteiger partial charge < -0.3 is 14.7 Å². The van der Waals surface area contributed by atoms with Crippen molar-refractivity contribution >= 4 is 11.7 Å². The third-order valence-corrected chi connectivity index (χ3v) is 3.13. The molecule has 2 rings (SSSR count). The number of hydrogen-bond donors (Lipinski definition) is 1. The zero-order valence-corrected chi connectivity index (χ0v) is 10.6. The number of ether oxygens (including phenoxy) is 1. The molecule has 1 aliphatic rings. The Labute approximate surface area is 113 Å². The minimum atomic E-state index is -4.37. The second-order valence-corrected chi connectivity index (χ2v) is 4.61. The highest BCUT2D eigenvalue weighted by atomic mass is 19.4. The van der Waals surface area contributed by atoms with Crippen LogP contribution in [-0.2, 0) is 15.7 Å². The summed E-state index contributed by atoms with van der Waals surface area (Å²) >= 11 is 0. The first-order valence-electron chi connectivity index (χ1n) is 6.12. The molecule has 1 fully saturated rings. The fraction of sp³-hybridized carbons (Fsp3) is 0.462. The van der Waals surface area contributed by atoms with Crippen molar-refractivity contribution in [3.63, 3.8) is 0 Å². The van der Waals surface area contributed by atoms with Crippen LogP contribution >= 0.6 is 0 Å². The fourth-order valence-electron chi connectivity index (χ4n) is 2.17. The van der Waals surface area contributed by atoms with Gasteiger partial charge in [-0.3, -0.25) is 0 Å². The molecule has 0 radical (unpaired) electrons. The van der Waals surface area contributed by atoms with Gasteiger partial charge in [0.25, 0.3) is 0 Å². The average Bonchev–Trinajstić information content (AvgIpc) is 2.84. The predicted molar refractivity (Wildman–Crippen MR) is 65.6 cm³/mol. The number of alkyl halides is 3. The lowest BCUT2D eigenvalue weighted by Crippen LogP contribution is -2.24. The summed E-state index contributed by atoms with van der Waals surface area (Å²) in [4.78, 5) is 12.2. The Morgan fingerprint density at radius 2 is 2.20 bits per heavy atom. The van der Waals surface area contributed by atoms with Crippen molar-refractivity contribution in [2.75, 3.05) is 24.6 Å². The number of hydrogen-bond acceptors (Lipinski definition) is 3. The number of aliphatic carboxylic acids is 1. The molecule has 0 spiro atoms. The number of carboxylic acid groups (broad SMARTS) is 1. The van der Waals surface area contributed by atoms with Gasteiger partial charge in [-0.15, -0.1) is 0 Å². The van der Waals surface area contributed by atoms with Crippen LogP contribution in [0.1, 0.15) is 12.0 Å². The Balaban J connectivity index is 2.01. The maximum Gasteiger partial charge on any atom is 0.416 e. The summed E-state index contributed by atoms with van der Waals surface area (Å²) in [7, 11) is 0. The van der Waals surface area contributed by atoms with Gasteiger partial charge in [-0.1, -0.05) is 6.07 Å². The van der Waals surface area contributed by atoms with Gasteiger partial charge in [-0.2, -0.15) is 13.2 Å². The standard InChI is InChI=1S/C13H14F3NO3/c14-13(15,16)9-2-1-3-10(6-9)17-5-4-11(7-17)20-8-12(18)19/h1-3,6,11H,4-5,7-8H2,(H,18,19). The van der Waals surface area contributed by atoms with Crippen LogP contribution in [0.2, 0.25) is 0 Å². The van der Waals surface area contributed by atoms with E-state index in [0.717, 1.165) is 12.1 Å². The average molecular weight is 289 g/mol. The number of benzene rings is 1. The van der Waals surface area contributed by atoms with Gasteiger partial charge in [-0.05, 0) is 24.6 Å². The van der Waals surface area contributed by atoms with Gasteiger partial charge in [-0.25, -0.2) is 4.79 Å². The lowest BCUT2D eigenvalue weighted by molar-refractivity contribution is -0.144. The van der Waals surface area contributed by atoms with Crippen LogP contribution in [0.5, 0.6) is 0 Å². The van der Waals surface area contributed by atoms with Crippen LogP contribution in [0.4, 0.5) is 18.9 Å². The first-order valence-corrected chi connectivity index (χ1v) is 6.12. The van der Waals surface area contributed by atoms with E-state index in [-0.39, 0.29) is 12.7 Å². The number of nitrogens with zero attached hydrogens (tertiary/aromatic N) is 1. The van der Waals surface area contributed by atoms with Crippen LogP contribution in [0.3, 0.4) is 0 Å². The summed E-state index contributed by atoms with van der Waals surface area (Å²) in [5.74, 6) is -1.05. The van der Waals surface area contributed by atoms with Crippen molar-refractivity contribution in [1.82, 2.24) is 0 Å². The maximum absolute atomic E-state index is 12.6. The topological polar surface area (TPSA) is 49.8 Å². The third kappa shape index (κ3) is 3.63. The predicted octanol–water partition coefficient (Wildman–Crippen LogP) is 2.39. The summed E-state index contributed by atoms with van der Waals surface area (Å²) < 4.78 is 43.0. The summed E-state index contributed by atoms with van der Waals surface area (Å²) in [6, 6.07) is 5.09. The highest BCUT2D eigenvalue weighted by molar-refractivity contribution is 5.68. The molecule has 0 amide bonds. The normalized spacial score (nSPS) is 19.4. The zero-order valence-electron chi connectivity index (χ0n) is 10.6. The van der Waals surface area contributed by atoms with Crippen LogP contribution in [0.15, 0.2) is 24.3 Å². The van der Waals surface area contributed by atoms with E-state index in [9.17, 15) is 18.0 Å². The molecular weight excluding hydrogens is 275 g/mol. The molecule has 1 atom stereocenters. The minimum Gasteiger partial charge on any atom is -0.480 e. The van der Waals surface area contributed by atoms with Crippen LogP contribution in [0, 0.1) is 0 Å². The maximum atomic E-state index is 12.6. The molecule has 0 aromatic heterocycles. The Bertz CT molecular complexity index is 490. The van der Waals surface area contributed by atoms with Gasteiger partial charge in [0.1, 0.15) is 6.61 Å². The van der Waals surface area contributed by atoms with Crippen LogP contribution in [0.25, 0.3) is 0 Å². The molecule has 1 aliphatic heterocycles. The Morgan fingerprint density at radius 1 is 1.45 bits per heavy atom. The minimum absolute atomic E-state index is 0.263. The molecule has 1 unspecified atom stereocenters. The molecule has 1 N–H and O–H groups in total. The summed E-state index contributed by atoms with van der Waals surface area (Å²) in [6.45, 7) is 0.557. The van der Waals surface area contributed by atoms with Crippen molar-refractivity contribution < 1.29 is 27.8 Å². The fourth-order valence-corrected chi connectivity index (χ4v) is 2.17. The highest BCUT2D eigenvalue weighted by Gasteiger charge is 2.31. The summed E-state index contributed by atoms with van der Waals surface area (Å²) in [5.41, 5.74) is -0.217. The number of carboxylic acids is 1. The van der Waals surface area contributed by atoms with Gasteiger partial charge >= 0.3 is 12.1 Å². The third-order valence-electron chi connectivity index (χ3n) is 3.13. The first-order chi connectivity index (χ1) is 9.36.